The van der Waals surface area contributed by atoms with Crippen LogP contribution < -0.4 is 4.90 Å². The van der Waals surface area contributed by atoms with Gasteiger partial charge in [0, 0.05) is 17.3 Å². The Morgan fingerprint density at radius 2 is 2.05 bits per heavy atom. The van der Waals surface area contributed by atoms with E-state index in [4.69, 9.17) is 11.6 Å². The molecule has 0 spiro atoms. The summed E-state index contributed by atoms with van der Waals surface area (Å²) >= 11 is 6.12. The average Bonchev–Trinajstić information content (AvgIpc) is 2.46. The lowest BCUT2D eigenvalue weighted by Gasteiger charge is -2.42. The molecule has 2 aliphatic heterocycles. The molecule has 5 heteroatoms. The second-order valence-electron chi connectivity index (χ2n) is 5.46. The fourth-order valence-corrected chi connectivity index (χ4v) is 3.11. The Balaban J connectivity index is 1.92. The number of fused-ring (bicyclic) bond motifs is 1. The summed E-state index contributed by atoms with van der Waals surface area (Å²) in [7, 11) is 0. The number of carbonyl (C=O) groups excluding carboxylic acids is 2. The first kappa shape index (κ1) is 13.4. The van der Waals surface area contributed by atoms with Crippen LogP contribution in [0.15, 0.2) is 18.2 Å². The van der Waals surface area contributed by atoms with Gasteiger partial charge < -0.3 is 9.80 Å². The SMILES string of the molecule is Cc1ccc(N2CC(=O)N3CCCCC3C2=O)cc1Cl. The predicted octanol–water partition coefficient (Wildman–Crippen LogP) is 2.38. The minimum atomic E-state index is -0.287. The summed E-state index contributed by atoms with van der Waals surface area (Å²) in [6.07, 6.45) is 2.76. The molecule has 0 bridgehead atoms. The van der Waals surface area contributed by atoms with Gasteiger partial charge in [-0.3, -0.25) is 9.59 Å². The molecule has 0 aromatic heterocycles. The minimum Gasteiger partial charge on any atom is -0.329 e. The van der Waals surface area contributed by atoms with Crippen molar-refractivity contribution in [3.8, 4) is 0 Å². The molecular formula is C15H17ClN2O2. The summed E-state index contributed by atoms with van der Waals surface area (Å²) in [5, 5.41) is 0.619. The highest BCUT2D eigenvalue weighted by Crippen LogP contribution is 2.29. The van der Waals surface area contributed by atoms with E-state index in [1.807, 2.05) is 19.1 Å². The molecule has 2 fully saturated rings. The monoisotopic (exact) mass is 292 g/mol. The van der Waals surface area contributed by atoms with E-state index < -0.39 is 0 Å². The standard InChI is InChI=1S/C15H17ClN2O2/c1-10-5-6-11(8-12(10)16)18-9-14(19)17-7-3-2-4-13(17)15(18)20/h5-6,8,13H,2-4,7,9H2,1H3. The Bertz CT molecular complexity index is 573. The largest absolute Gasteiger partial charge is 0.329 e. The molecule has 0 N–H and O–H groups in total. The van der Waals surface area contributed by atoms with Crippen LogP contribution in [0.2, 0.25) is 5.02 Å². The third-order valence-electron chi connectivity index (χ3n) is 4.13. The molecular weight excluding hydrogens is 276 g/mol. The van der Waals surface area contributed by atoms with Crippen LogP contribution in [-0.4, -0.2) is 35.8 Å². The van der Waals surface area contributed by atoms with Crippen molar-refractivity contribution in [1.29, 1.82) is 0 Å². The number of rotatable bonds is 1. The van der Waals surface area contributed by atoms with E-state index in [0.29, 0.717) is 17.3 Å². The van der Waals surface area contributed by atoms with Crippen LogP contribution in [0.25, 0.3) is 0 Å². The lowest BCUT2D eigenvalue weighted by atomic mass is 9.98. The van der Waals surface area contributed by atoms with Crippen LogP contribution in [-0.2, 0) is 9.59 Å². The zero-order chi connectivity index (χ0) is 14.3. The second kappa shape index (κ2) is 5.09. The molecule has 2 aliphatic rings. The van der Waals surface area contributed by atoms with Gasteiger partial charge in [0.2, 0.25) is 11.8 Å². The van der Waals surface area contributed by atoms with Gasteiger partial charge in [-0.05, 0) is 43.9 Å². The van der Waals surface area contributed by atoms with Crippen LogP contribution >= 0.6 is 11.6 Å². The Morgan fingerprint density at radius 3 is 2.80 bits per heavy atom. The number of nitrogens with zero attached hydrogens (tertiary/aromatic N) is 2. The van der Waals surface area contributed by atoms with E-state index in [-0.39, 0.29) is 24.4 Å². The van der Waals surface area contributed by atoms with Crippen molar-refractivity contribution in [2.24, 2.45) is 0 Å². The lowest BCUT2D eigenvalue weighted by Crippen LogP contribution is -2.61. The summed E-state index contributed by atoms with van der Waals surface area (Å²) in [6, 6.07) is 5.21. The molecule has 20 heavy (non-hydrogen) atoms. The van der Waals surface area contributed by atoms with Gasteiger partial charge in [-0.1, -0.05) is 17.7 Å². The first-order valence-corrected chi connectivity index (χ1v) is 7.33. The Kier molecular flexibility index (Phi) is 3.42. The molecule has 0 saturated carbocycles. The molecule has 1 atom stereocenters. The van der Waals surface area contributed by atoms with Crippen LogP contribution in [0, 0.1) is 6.92 Å². The average molecular weight is 293 g/mol. The van der Waals surface area contributed by atoms with Crippen molar-refractivity contribution in [3.63, 3.8) is 0 Å². The maximum Gasteiger partial charge on any atom is 0.250 e. The molecule has 1 unspecified atom stereocenters. The van der Waals surface area contributed by atoms with E-state index in [1.165, 1.54) is 0 Å². The van der Waals surface area contributed by atoms with Crippen molar-refractivity contribution in [2.45, 2.75) is 32.2 Å². The normalized spacial score (nSPS) is 23.0. The highest BCUT2D eigenvalue weighted by atomic mass is 35.5. The van der Waals surface area contributed by atoms with E-state index in [1.54, 1.807) is 15.9 Å². The maximum absolute atomic E-state index is 12.6. The van der Waals surface area contributed by atoms with Crippen LogP contribution in [0.1, 0.15) is 24.8 Å². The van der Waals surface area contributed by atoms with Gasteiger partial charge in [-0.15, -0.1) is 0 Å². The third-order valence-corrected chi connectivity index (χ3v) is 4.54. The number of carbonyl (C=O) groups is 2. The van der Waals surface area contributed by atoms with Gasteiger partial charge in [0.1, 0.15) is 12.6 Å². The molecule has 0 aliphatic carbocycles. The summed E-state index contributed by atoms with van der Waals surface area (Å²) in [6.45, 7) is 2.74. The fraction of sp³-hybridized carbons (Fsp3) is 0.467. The van der Waals surface area contributed by atoms with Gasteiger partial charge >= 0.3 is 0 Å². The molecule has 2 amide bonds. The molecule has 2 heterocycles. The Morgan fingerprint density at radius 1 is 1.25 bits per heavy atom. The molecule has 1 aromatic rings. The third kappa shape index (κ3) is 2.18. The summed E-state index contributed by atoms with van der Waals surface area (Å²) in [5.41, 5.74) is 1.68. The van der Waals surface area contributed by atoms with Crippen molar-refractivity contribution >= 4 is 29.1 Å². The van der Waals surface area contributed by atoms with E-state index in [0.717, 1.165) is 24.8 Å². The molecule has 1 aromatic carbocycles. The summed E-state index contributed by atoms with van der Waals surface area (Å²) in [4.78, 5) is 28.1. The minimum absolute atomic E-state index is 0.0178. The fourth-order valence-electron chi connectivity index (χ4n) is 2.94. The Hall–Kier alpha value is -1.55. The Labute approximate surface area is 123 Å². The van der Waals surface area contributed by atoms with Gasteiger partial charge in [-0.2, -0.15) is 0 Å². The number of amides is 2. The van der Waals surface area contributed by atoms with Crippen LogP contribution in [0.3, 0.4) is 0 Å². The van der Waals surface area contributed by atoms with Gasteiger partial charge in [0.15, 0.2) is 0 Å². The molecule has 0 radical (unpaired) electrons. The first-order chi connectivity index (χ1) is 9.58. The zero-order valence-corrected chi connectivity index (χ0v) is 12.2. The summed E-state index contributed by atoms with van der Waals surface area (Å²) in [5.74, 6) is 0.0511. The number of halogens is 1. The molecule has 106 valence electrons. The topological polar surface area (TPSA) is 40.6 Å². The number of anilines is 1. The summed E-state index contributed by atoms with van der Waals surface area (Å²) < 4.78 is 0. The lowest BCUT2D eigenvalue weighted by molar-refractivity contribution is -0.144. The highest BCUT2D eigenvalue weighted by Gasteiger charge is 2.40. The predicted molar refractivity (Wildman–Crippen MR) is 77.9 cm³/mol. The molecule has 2 saturated heterocycles. The first-order valence-electron chi connectivity index (χ1n) is 6.95. The van der Waals surface area contributed by atoms with Crippen LogP contribution in [0.5, 0.6) is 0 Å². The van der Waals surface area contributed by atoms with Gasteiger partial charge in [0.25, 0.3) is 0 Å². The van der Waals surface area contributed by atoms with E-state index in [9.17, 15) is 9.59 Å². The van der Waals surface area contributed by atoms with E-state index >= 15 is 0 Å². The molecule has 4 nitrogen and oxygen atoms in total. The quantitative estimate of drug-likeness (QED) is 0.797. The second-order valence-corrected chi connectivity index (χ2v) is 5.86. The smallest absolute Gasteiger partial charge is 0.250 e. The maximum atomic E-state index is 12.6. The number of piperazine rings is 1. The van der Waals surface area contributed by atoms with Crippen molar-refractivity contribution in [1.82, 2.24) is 4.90 Å². The number of piperidine rings is 1. The van der Waals surface area contributed by atoms with Crippen molar-refractivity contribution in [2.75, 3.05) is 18.0 Å². The van der Waals surface area contributed by atoms with Crippen molar-refractivity contribution < 1.29 is 9.59 Å². The number of hydrogen-bond donors (Lipinski definition) is 0. The van der Waals surface area contributed by atoms with E-state index in [2.05, 4.69) is 0 Å². The molecule has 3 rings (SSSR count). The highest BCUT2D eigenvalue weighted by molar-refractivity contribution is 6.31. The number of aryl methyl sites for hydroxylation is 1. The van der Waals surface area contributed by atoms with Gasteiger partial charge in [0.05, 0.1) is 0 Å². The zero-order valence-electron chi connectivity index (χ0n) is 11.4. The van der Waals surface area contributed by atoms with Crippen LogP contribution in [0.4, 0.5) is 5.69 Å². The number of benzene rings is 1. The number of hydrogen-bond acceptors (Lipinski definition) is 2. The van der Waals surface area contributed by atoms with Gasteiger partial charge in [-0.25, -0.2) is 0 Å². The van der Waals surface area contributed by atoms with Crippen molar-refractivity contribution in [3.05, 3.63) is 28.8 Å².